The van der Waals surface area contributed by atoms with Crippen LogP contribution in [0.5, 0.6) is 0 Å². The molecule has 0 radical (unpaired) electrons. The minimum absolute atomic E-state index is 0.0333. The van der Waals surface area contributed by atoms with Crippen LogP contribution in [0.3, 0.4) is 0 Å². The first-order valence-electron chi connectivity index (χ1n) is 3.51. The van der Waals surface area contributed by atoms with Crippen molar-refractivity contribution in [3.63, 3.8) is 0 Å². The second kappa shape index (κ2) is 3.95. The molecule has 0 aromatic heterocycles. The Labute approximate surface area is 88.3 Å². The van der Waals surface area contributed by atoms with Gasteiger partial charge in [-0.1, -0.05) is 0 Å². The number of benzene rings is 1. The number of hydrogen-bond acceptors (Lipinski definition) is 2. The third-order valence-corrected chi connectivity index (χ3v) is 2.19. The Morgan fingerprint density at radius 1 is 1.54 bits per heavy atom. The number of carbonyl (C=O) groups is 2. The van der Waals surface area contributed by atoms with Gasteiger partial charge in [-0.15, -0.1) is 0 Å². The van der Waals surface area contributed by atoms with Gasteiger partial charge in [-0.2, -0.15) is 0 Å². The maximum absolute atomic E-state index is 13.2. The highest BCUT2D eigenvalue weighted by molar-refractivity contribution is 14.1. The molecular weight excluding hydrogens is 286 g/mol. The van der Waals surface area contributed by atoms with E-state index in [1.165, 1.54) is 19.1 Å². The van der Waals surface area contributed by atoms with Crippen molar-refractivity contribution >= 4 is 34.7 Å². The molecule has 0 atom stereocenters. The van der Waals surface area contributed by atoms with Crippen LogP contribution in [0.15, 0.2) is 12.1 Å². The zero-order valence-electron chi connectivity index (χ0n) is 6.80. The molecule has 2 nitrogen and oxygen atoms in total. The summed E-state index contributed by atoms with van der Waals surface area (Å²) in [7, 11) is 0. The molecular formula is C9H6FIO2. The normalized spacial score (nSPS) is 9.77. The van der Waals surface area contributed by atoms with Gasteiger partial charge in [0.2, 0.25) is 0 Å². The van der Waals surface area contributed by atoms with E-state index >= 15 is 0 Å². The first-order chi connectivity index (χ1) is 6.06. The Hall–Kier alpha value is -0.780. The highest BCUT2D eigenvalue weighted by Crippen LogP contribution is 2.16. The van der Waals surface area contributed by atoms with Crippen LogP contribution in [0.1, 0.15) is 27.6 Å². The summed E-state index contributed by atoms with van der Waals surface area (Å²) in [6.45, 7) is 1.27. The van der Waals surface area contributed by atoms with Gasteiger partial charge in [0.15, 0.2) is 12.1 Å². The van der Waals surface area contributed by atoms with Crippen molar-refractivity contribution in [3.8, 4) is 0 Å². The predicted molar refractivity (Wildman–Crippen MR) is 54.5 cm³/mol. The van der Waals surface area contributed by atoms with Gasteiger partial charge < -0.3 is 0 Å². The molecule has 0 fully saturated rings. The van der Waals surface area contributed by atoms with Gasteiger partial charge in [0.05, 0.1) is 11.1 Å². The Bertz CT molecular complexity index is 374. The van der Waals surface area contributed by atoms with E-state index < -0.39 is 5.82 Å². The lowest BCUT2D eigenvalue weighted by Gasteiger charge is -2.01. The van der Waals surface area contributed by atoms with Gasteiger partial charge in [0.25, 0.3) is 0 Å². The maximum atomic E-state index is 13.2. The molecule has 0 saturated carbocycles. The molecule has 13 heavy (non-hydrogen) atoms. The van der Waals surface area contributed by atoms with Crippen molar-refractivity contribution in [3.05, 3.63) is 32.6 Å². The number of rotatable bonds is 2. The van der Waals surface area contributed by atoms with Crippen molar-refractivity contribution in [2.75, 3.05) is 0 Å². The number of Topliss-reactive ketones (excluding diaryl/α,β-unsaturated/α-hetero) is 1. The summed E-state index contributed by atoms with van der Waals surface area (Å²) in [4.78, 5) is 21.3. The SMILES string of the molecule is CC(=O)c1cc(I)cc(C=O)c1F. The number of carbonyl (C=O) groups excluding carboxylic acids is 2. The molecule has 4 heteroatoms. The van der Waals surface area contributed by atoms with Crippen molar-refractivity contribution in [2.45, 2.75) is 6.92 Å². The molecule has 1 rings (SSSR count). The molecule has 0 aliphatic rings. The van der Waals surface area contributed by atoms with Crippen LogP contribution in [0.2, 0.25) is 0 Å². The third-order valence-electron chi connectivity index (χ3n) is 1.57. The first kappa shape index (κ1) is 10.3. The molecule has 0 unspecified atom stereocenters. The van der Waals surface area contributed by atoms with E-state index in [1.54, 1.807) is 0 Å². The summed E-state index contributed by atoms with van der Waals surface area (Å²) >= 11 is 1.93. The average Bonchev–Trinajstić information content (AvgIpc) is 2.08. The van der Waals surface area contributed by atoms with Crippen LogP contribution in [0.4, 0.5) is 4.39 Å². The zero-order valence-corrected chi connectivity index (χ0v) is 8.96. The minimum Gasteiger partial charge on any atom is -0.298 e. The van der Waals surface area contributed by atoms with Crippen molar-refractivity contribution in [1.29, 1.82) is 0 Å². The van der Waals surface area contributed by atoms with Gasteiger partial charge in [0.1, 0.15) is 5.82 Å². The summed E-state index contributed by atoms with van der Waals surface area (Å²) in [6, 6.07) is 2.82. The predicted octanol–water partition coefficient (Wildman–Crippen LogP) is 2.45. The first-order valence-corrected chi connectivity index (χ1v) is 4.59. The lowest BCUT2D eigenvalue weighted by Crippen LogP contribution is -2.01. The second-order valence-corrected chi connectivity index (χ2v) is 3.78. The van der Waals surface area contributed by atoms with Crippen LogP contribution < -0.4 is 0 Å². The number of hydrogen-bond donors (Lipinski definition) is 0. The fraction of sp³-hybridized carbons (Fsp3) is 0.111. The van der Waals surface area contributed by atoms with E-state index in [4.69, 9.17) is 0 Å². The molecule has 0 amide bonds. The van der Waals surface area contributed by atoms with E-state index in [0.29, 0.717) is 9.86 Å². The smallest absolute Gasteiger partial charge is 0.162 e. The maximum Gasteiger partial charge on any atom is 0.162 e. The van der Waals surface area contributed by atoms with Gasteiger partial charge in [-0.3, -0.25) is 9.59 Å². The molecule has 68 valence electrons. The second-order valence-electron chi connectivity index (χ2n) is 2.53. The van der Waals surface area contributed by atoms with E-state index in [1.807, 2.05) is 22.6 Å². The Balaban J connectivity index is 3.44. The quantitative estimate of drug-likeness (QED) is 0.476. The summed E-state index contributed by atoms with van der Waals surface area (Å²) in [6.07, 6.45) is 0.407. The van der Waals surface area contributed by atoms with Crippen LogP contribution in [0.25, 0.3) is 0 Å². The standard InChI is InChI=1S/C9H6FIO2/c1-5(13)8-3-7(11)2-6(4-12)9(8)10/h2-4H,1H3. The summed E-state index contributed by atoms with van der Waals surface area (Å²) in [5, 5.41) is 0. The molecule has 0 spiro atoms. The van der Waals surface area contributed by atoms with Gasteiger partial charge in [0, 0.05) is 3.57 Å². The largest absolute Gasteiger partial charge is 0.298 e. The van der Waals surface area contributed by atoms with Crippen molar-refractivity contribution in [2.24, 2.45) is 0 Å². The summed E-state index contributed by atoms with van der Waals surface area (Å²) in [5.41, 5.74) is -0.105. The van der Waals surface area contributed by atoms with Crippen LogP contribution in [0, 0.1) is 9.39 Å². The van der Waals surface area contributed by atoms with E-state index in [9.17, 15) is 14.0 Å². The topological polar surface area (TPSA) is 34.1 Å². The molecule has 0 aliphatic carbocycles. The van der Waals surface area contributed by atoms with Gasteiger partial charge in [-0.05, 0) is 41.6 Å². The molecule has 1 aromatic carbocycles. The summed E-state index contributed by atoms with van der Waals surface area (Å²) in [5.74, 6) is -1.11. The Kier molecular flexibility index (Phi) is 3.13. The van der Waals surface area contributed by atoms with Crippen molar-refractivity contribution in [1.82, 2.24) is 0 Å². The van der Waals surface area contributed by atoms with E-state index in [-0.39, 0.29) is 16.9 Å². The Morgan fingerprint density at radius 3 is 2.62 bits per heavy atom. The average molecular weight is 292 g/mol. The van der Waals surface area contributed by atoms with E-state index in [2.05, 4.69) is 0 Å². The monoisotopic (exact) mass is 292 g/mol. The lowest BCUT2D eigenvalue weighted by molar-refractivity contribution is 0.101. The molecule has 1 aromatic rings. The number of aldehydes is 1. The Morgan fingerprint density at radius 2 is 2.15 bits per heavy atom. The molecule has 0 aliphatic heterocycles. The van der Waals surface area contributed by atoms with Gasteiger partial charge in [-0.25, -0.2) is 4.39 Å². The highest BCUT2D eigenvalue weighted by Gasteiger charge is 2.12. The number of ketones is 1. The fourth-order valence-electron chi connectivity index (χ4n) is 0.952. The van der Waals surface area contributed by atoms with E-state index in [0.717, 1.165) is 0 Å². The zero-order chi connectivity index (χ0) is 10.0. The van der Waals surface area contributed by atoms with Crippen LogP contribution in [-0.4, -0.2) is 12.1 Å². The molecule has 0 heterocycles. The summed E-state index contributed by atoms with van der Waals surface area (Å²) < 4.78 is 13.9. The highest BCUT2D eigenvalue weighted by atomic mass is 127. The third kappa shape index (κ3) is 2.12. The molecule has 0 saturated heterocycles. The van der Waals surface area contributed by atoms with Crippen molar-refractivity contribution < 1.29 is 14.0 Å². The lowest BCUT2D eigenvalue weighted by atomic mass is 10.1. The minimum atomic E-state index is -0.733. The number of halogens is 2. The van der Waals surface area contributed by atoms with Gasteiger partial charge >= 0.3 is 0 Å². The molecule has 0 N–H and O–H groups in total. The van der Waals surface area contributed by atoms with Crippen LogP contribution in [-0.2, 0) is 0 Å². The molecule has 0 bridgehead atoms. The fourth-order valence-corrected chi connectivity index (χ4v) is 1.60. The van der Waals surface area contributed by atoms with Crippen LogP contribution >= 0.6 is 22.6 Å².